The largest absolute Gasteiger partial charge is 0.299 e. The third-order valence-corrected chi connectivity index (χ3v) is 3.65. The average molecular weight is 212 g/mol. The summed E-state index contributed by atoms with van der Waals surface area (Å²) in [6.45, 7) is 10.8. The highest BCUT2D eigenvalue weighted by atomic mass is 16.1. The van der Waals surface area contributed by atoms with E-state index in [1.807, 2.05) is 6.92 Å². The van der Waals surface area contributed by atoms with E-state index in [1.54, 1.807) is 0 Å². The van der Waals surface area contributed by atoms with Gasteiger partial charge in [0.15, 0.2) is 0 Å². The molecule has 0 aromatic carbocycles. The second-order valence-corrected chi connectivity index (χ2v) is 4.94. The topological polar surface area (TPSA) is 17.1 Å². The Morgan fingerprint density at radius 3 is 2.00 bits per heavy atom. The predicted molar refractivity (Wildman–Crippen MR) is 67.0 cm³/mol. The van der Waals surface area contributed by atoms with Gasteiger partial charge in [0.05, 0.1) is 0 Å². The Morgan fingerprint density at radius 2 is 1.67 bits per heavy atom. The maximum absolute atomic E-state index is 12.2. The van der Waals surface area contributed by atoms with Crippen LogP contribution in [0.1, 0.15) is 73.1 Å². The standard InChI is InChI=1S/C14H28O/c1-6-9-11-14(10-7-2,12(4)5)13(15)8-3/h12H,6-11H2,1-5H3. The highest BCUT2D eigenvalue weighted by Crippen LogP contribution is 2.40. The predicted octanol–water partition coefficient (Wildman–Crippen LogP) is 4.60. The minimum atomic E-state index is -0.0283. The molecule has 0 bridgehead atoms. The summed E-state index contributed by atoms with van der Waals surface area (Å²) in [5.74, 6) is 0.962. The summed E-state index contributed by atoms with van der Waals surface area (Å²) < 4.78 is 0. The Kier molecular flexibility index (Phi) is 6.87. The second kappa shape index (κ2) is 7.03. The van der Waals surface area contributed by atoms with E-state index in [-0.39, 0.29) is 5.41 Å². The maximum atomic E-state index is 12.2. The molecule has 0 aromatic rings. The van der Waals surface area contributed by atoms with Crippen molar-refractivity contribution in [1.82, 2.24) is 0 Å². The minimum absolute atomic E-state index is 0.0283. The molecule has 0 fully saturated rings. The van der Waals surface area contributed by atoms with Crippen molar-refractivity contribution in [1.29, 1.82) is 0 Å². The van der Waals surface area contributed by atoms with Crippen molar-refractivity contribution < 1.29 is 4.79 Å². The Morgan fingerprint density at radius 1 is 1.07 bits per heavy atom. The second-order valence-electron chi connectivity index (χ2n) is 4.94. The first kappa shape index (κ1) is 14.7. The molecule has 0 aliphatic carbocycles. The molecule has 0 aliphatic heterocycles. The molecule has 0 amide bonds. The van der Waals surface area contributed by atoms with Gasteiger partial charge in [-0.3, -0.25) is 4.79 Å². The summed E-state index contributed by atoms with van der Waals surface area (Å²) in [5, 5.41) is 0. The van der Waals surface area contributed by atoms with Gasteiger partial charge in [0, 0.05) is 11.8 Å². The minimum Gasteiger partial charge on any atom is -0.299 e. The molecular weight excluding hydrogens is 184 g/mol. The molecule has 0 spiro atoms. The van der Waals surface area contributed by atoms with E-state index < -0.39 is 0 Å². The van der Waals surface area contributed by atoms with Crippen LogP contribution >= 0.6 is 0 Å². The lowest BCUT2D eigenvalue weighted by Crippen LogP contribution is -2.36. The normalized spacial score (nSPS) is 15.3. The van der Waals surface area contributed by atoms with E-state index >= 15 is 0 Å². The number of unbranched alkanes of at least 4 members (excludes halogenated alkanes) is 1. The number of hydrogen-bond donors (Lipinski definition) is 0. The van der Waals surface area contributed by atoms with Crippen molar-refractivity contribution in [2.75, 3.05) is 0 Å². The maximum Gasteiger partial charge on any atom is 0.139 e. The first-order valence-corrected chi connectivity index (χ1v) is 6.58. The van der Waals surface area contributed by atoms with Crippen LogP contribution in [0.5, 0.6) is 0 Å². The van der Waals surface area contributed by atoms with Crippen LogP contribution in [-0.2, 0) is 4.79 Å². The lowest BCUT2D eigenvalue weighted by atomic mass is 9.67. The highest BCUT2D eigenvalue weighted by Gasteiger charge is 2.38. The highest BCUT2D eigenvalue weighted by molar-refractivity contribution is 5.84. The van der Waals surface area contributed by atoms with E-state index in [2.05, 4.69) is 27.7 Å². The molecule has 0 heterocycles. The lowest BCUT2D eigenvalue weighted by molar-refractivity contribution is -0.132. The van der Waals surface area contributed by atoms with Crippen molar-refractivity contribution in [3.63, 3.8) is 0 Å². The van der Waals surface area contributed by atoms with Gasteiger partial charge in [0.25, 0.3) is 0 Å². The van der Waals surface area contributed by atoms with Crippen molar-refractivity contribution in [2.24, 2.45) is 11.3 Å². The third-order valence-electron chi connectivity index (χ3n) is 3.65. The summed E-state index contributed by atoms with van der Waals surface area (Å²) in [6.07, 6.45) is 6.34. The van der Waals surface area contributed by atoms with Crippen molar-refractivity contribution in [2.45, 2.75) is 73.1 Å². The van der Waals surface area contributed by atoms with Crippen LogP contribution in [0, 0.1) is 11.3 Å². The van der Waals surface area contributed by atoms with Crippen LogP contribution in [0.3, 0.4) is 0 Å². The van der Waals surface area contributed by atoms with Crippen molar-refractivity contribution >= 4 is 5.78 Å². The van der Waals surface area contributed by atoms with E-state index in [4.69, 9.17) is 0 Å². The lowest BCUT2D eigenvalue weighted by Gasteiger charge is -2.36. The van der Waals surface area contributed by atoms with Gasteiger partial charge in [-0.05, 0) is 18.8 Å². The van der Waals surface area contributed by atoms with E-state index in [0.717, 1.165) is 19.3 Å². The Hall–Kier alpha value is -0.330. The van der Waals surface area contributed by atoms with Gasteiger partial charge < -0.3 is 0 Å². The first-order chi connectivity index (χ1) is 7.05. The Labute approximate surface area is 95.6 Å². The molecule has 1 unspecified atom stereocenters. The van der Waals surface area contributed by atoms with E-state index in [0.29, 0.717) is 18.1 Å². The molecule has 1 heteroatoms. The molecule has 0 saturated carbocycles. The van der Waals surface area contributed by atoms with Gasteiger partial charge in [0.2, 0.25) is 0 Å². The Balaban J connectivity index is 4.80. The molecule has 0 saturated heterocycles. The molecule has 1 nitrogen and oxygen atoms in total. The van der Waals surface area contributed by atoms with Crippen LogP contribution in [0.4, 0.5) is 0 Å². The molecule has 0 aromatic heterocycles. The zero-order valence-corrected chi connectivity index (χ0v) is 11.2. The summed E-state index contributed by atoms with van der Waals surface area (Å²) >= 11 is 0. The molecule has 0 radical (unpaired) electrons. The van der Waals surface area contributed by atoms with Gasteiger partial charge >= 0.3 is 0 Å². The number of ketones is 1. The van der Waals surface area contributed by atoms with Gasteiger partial charge in [-0.1, -0.05) is 53.9 Å². The monoisotopic (exact) mass is 212 g/mol. The van der Waals surface area contributed by atoms with Crippen LogP contribution in [0.2, 0.25) is 0 Å². The fourth-order valence-electron chi connectivity index (χ4n) is 2.59. The number of carbonyl (C=O) groups excluding carboxylic acids is 1. The smallest absolute Gasteiger partial charge is 0.139 e. The van der Waals surface area contributed by atoms with Crippen LogP contribution in [0.15, 0.2) is 0 Å². The van der Waals surface area contributed by atoms with Gasteiger partial charge in [0.1, 0.15) is 5.78 Å². The summed E-state index contributed by atoms with van der Waals surface area (Å²) in [7, 11) is 0. The quantitative estimate of drug-likeness (QED) is 0.574. The SMILES string of the molecule is CCCCC(CCC)(C(=O)CC)C(C)C. The van der Waals surface area contributed by atoms with E-state index in [1.165, 1.54) is 12.8 Å². The van der Waals surface area contributed by atoms with Crippen LogP contribution < -0.4 is 0 Å². The zero-order chi connectivity index (χ0) is 11.9. The third kappa shape index (κ3) is 3.62. The van der Waals surface area contributed by atoms with Crippen LogP contribution in [-0.4, -0.2) is 5.78 Å². The molecule has 1 atom stereocenters. The molecule has 90 valence electrons. The van der Waals surface area contributed by atoms with Gasteiger partial charge in [-0.2, -0.15) is 0 Å². The van der Waals surface area contributed by atoms with Gasteiger partial charge in [-0.25, -0.2) is 0 Å². The molecular formula is C14H28O. The van der Waals surface area contributed by atoms with Crippen molar-refractivity contribution in [3.8, 4) is 0 Å². The fourth-order valence-corrected chi connectivity index (χ4v) is 2.59. The molecule has 15 heavy (non-hydrogen) atoms. The Bertz CT molecular complexity index is 184. The molecule has 0 aliphatic rings. The number of Topliss-reactive ketones (excluding diaryl/α,β-unsaturated/α-hetero) is 1. The fraction of sp³-hybridized carbons (Fsp3) is 0.929. The molecule has 0 N–H and O–H groups in total. The molecule has 0 rings (SSSR count). The average Bonchev–Trinajstić information content (AvgIpc) is 2.22. The number of rotatable bonds is 8. The van der Waals surface area contributed by atoms with Crippen LogP contribution in [0.25, 0.3) is 0 Å². The zero-order valence-electron chi connectivity index (χ0n) is 11.2. The van der Waals surface area contributed by atoms with Crippen molar-refractivity contribution in [3.05, 3.63) is 0 Å². The summed E-state index contributed by atoms with van der Waals surface area (Å²) in [6, 6.07) is 0. The van der Waals surface area contributed by atoms with Gasteiger partial charge in [-0.15, -0.1) is 0 Å². The number of carbonyl (C=O) groups is 1. The number of hydrogen-bond acceptors (Lipinski definition) is 1. The first-order valence-electron chi connectivity index (χ1n) is 6.58. The van der Waals surface area contributed by atoms with E-state index in [9.17, 15) is 4.79 Å². The summed E-state index contributed by atoms with van der Waals surface area (Å²) in [5.41, 5.74) is -0.0283. The summed E-state index contributed by atoms with van der Waals surface area (Å²) in [4.78, 5) is 12.2.